The van der Waals surface area contributed by atoms with Crippen molar-refractivity contribution in [2.24, 2.45) is 0 Å². The number of nitrogen functional groups attached to an aromatic ring is 1. The molecule has 190 valence electrons. The monoisotopic (exact) mass is 529 g/mol. The SMILES string of the molecule is CS(=O)(=O)c1ccccc1S(=O)(=O)N1CCC(CNC(=O)c2nccnc2N)(c2ccccc2)CC1. The molecule has 1 aromatic heterocycles. The average Bonchev–Trinajstić information content (AvgIpc) is 2.88. The molecule has 0 unspecified atom stereocenters. The van der Waals surface area contributed by atoms with E-state index in [1.54, 1.807) is 0 Å². The van der Waals surface area contributed by atoms with E-state index in [0.29, 0.717) is 12.8 Å². The second-order valence-electron chi connectivity index (χ2n) is 8.74. The van der Waals surface area contributed by atoms with E-state index in [1.807, 2.05) is 30.3 Å². The lowest BCUT2D eigenvalue weighted by atomic mass is 9.73. The summed E-state index contributed by atoms with van der Waals surface area (Å²) in [6.45, 7) is 0.538. The van der Waals surface area contributed by atoms with Crippen molar-refractivity contribution < 1.29 is 21.6 Å². The minimum absolute atomic E-state index is 0.0224. The van der Waals surface area contributed by atoms with Crippen molar-refractivity contribution in [3.05, 3.63) is 78.2 Å². The zero-order valence-electron chi connectivity index (χ0n) is 19.7. The number of benzene rings is 2. The van der Waals surface area contributed by atoms with Crippen LogP contribution in [0.25, 0.3) is 0 Å². The highest BCUT2D eigenvalue weighted by atomic mass is 32.2. The Labute approximate surface area is 210 Å². The molecule has 0 aliphatic carbocycles. The molecule has 10 nitrogen and oxygen atoms in total. The summed E-state index contributed by atoms with van der Waals surface area (Å²) in [5, 5.41) is 2.89. The van der Waals surface area contributed by atoms with E-state index in [4.69, 9.17) is 5.73 Å². The highest BCUT2D eigenvalue weighted by Gasteiger charge is 2.41. The first-order valence-electron chi connectivity index (χ1n) is 11.2. The van der Waals surface area contributed by atoms with E-state index in [0.717, 1.165) is 11.8 Å². The molecule has 4 rings (SSSR count). The molecule has 36 heavy (non-hydrogen) atoms. The van der Waals surface area contributed by atoms with Crippen molar-refractivity contribution in [2.75, 3.05) is 31.6 Å². The normalized spacial score (nSPS) is 16.4. The number of piperidine rings is 1. The fraction of sp³-hybridized carbons (Fsp3) is 0.292. The predicted molar refractivity (Wildman–Crippen MR) is 134 cm³/mol. The van der Waals surface area contributed by atoms with Gasteiger partial charge in [0.2, 0.25) is 10.0 Å². The summed E-state index contributed by atoms with van der Waals surface area (Å²) < 4.78 is 52.7. The van der Waals surface area contributed by atoms with E-state index in [-0.39, 0.29) is 40.9 Å². The maximum absolute atomic E-state index is 13.5. The molecule has 1 aliphatic heterocycles. The first kappa shape index (κ1) is 25.7. The van der Waals surface area contributed by atoms with Gasteiger partial charge in [0, 0.05) is 43.7 Å². The molecule has 1 aliphatic rings. The molecule has 0 bridgehead atoms. The van der Waals surface area contributed by atoms with Crippen molar-refractivity contribution in [3.63, 3.8) is 0 Å². The number of nitrogens with zero attached hydrogens (tertiary/aromatic N) is 3. The van der Waals surface area contributed by atoms with Gasteiger partial charge in [-0.1, -0.05) is 42.5 Å². The Bertz CT molecular complexity index is 1470. The number of nitrogens with two attached hydrogens (primary N) is 1. The largest absolute Gasteiger partial charge is 0.382 e. The van der Waals surface area contributed by atoms with Crippen LogP contribution in [0.15, 0.2) is 76.8 Å². The predicted octanol–water partition coefficient (Wildman–Crippen LogP) is 1.61. The van der Waals surface area contributed by atoms with Crippen LogP contribution in [-0.2, 0) is 25.3 Å². The number of sulfone groups is 1. The molecule has 0 atom stereocenters. The minimum Gasteiger partial charge on any atom is -0.382 e. The molecule has 0 radical (unpaired) electrons. The number of carbonyl (C=O) groups excluding carboxylic acids is 1. The van der Waals surface area contributed by atoms with E-state index in [9.17, 15) is 21.6 Å². The molecule has 0 saturated carbocycles. The topological polar surface area (TPSA) is 152 Å². The highest BCUT2D eigenvalue weighted by Crippen LogP contribution is 2.37. The fourth-order valence-electron chi connectivity index (χ4n) is 4.48. The molecule has 1 amide bonds. The molecular formula is C24H27N5O5S2. The standard InChI is InChI=1S/C24H27N5O5S2/c1-35(31,32)19-9-5-6-10-20(19)36(33,34)29-15-11-24(12-16-29,18-7-3-2-4-8-18)17-28-23(30)21-22(25)27-14-13-26-21/h2-10,13-14H,11-12,15-17H2,1H3,(H2,25,27)(H,28,30). The van der Waals surface area contributed by atoms with Gasteiger partial charge >= 0.3 is 0 Å². The highest BCUT2D eigenvalue weighted by molar-refractivity contribution is 7.93. The van der Waals surface area contributed by atoms with Gasteiger partial charge in [0.05, 0.1) is 4.90 Å². The van der Waals surface area contributed by atoms with Gasteiger partial charge in [0.15, 0.2) is 21.3 Å². The van der Waals surface area contributed by atoms with E-state index in [1.165, 1.54) is 41.0 Å². The maximum Gasteiger partial charge on any atom is 0.273 e. The molecule has 2 heterocycles. The van der Waals surface area contributed by atoms with E-state index in [2.05, 4.69) is 15.3 Å². The maximum atomic E-state index is 13.5. The van der Waals surface area contributed by atoms with E-state index >= 15 is 0 Å². The molecule has 1 fully saturated rings. The van der Waals surface area contributed by atoms with Crippen LogP contribution in [-0.4, -0.2) is 62.9 Å². The number of rotatable bonds is 7. The Morgan fingerprint density at radius 1 is 0.944 bits per heavy atom. The summed E-state index contributed by atoms with van der Waals surface area (Å²) >= 11 is 0. The van der Waals surface area contributed by atoms with Gasteiger partial charge in [-0.3, -0.25) is 4.79 Å². The van der Waals surface area contributed by atoms with Gasteiger partial charge in [-0.05, 0) is 30.5 Å². The number of nitrogens with one attached hydrogen (secondary N) is 1. The number of aromatic nitrogens is 2. The number of amides is 1. The van der Waals surface area contributed by atoms with Gasteiger partial charge in [-0.15, -0.1) is 0 Å². The van der Waals surface area contributed by atoms with Gasteiger partial charge in [0.1, 0.15) is 4.90 Å². The third-order valence-corrected chi connectivity index (χ3v) is 9.70. The summed E-state index contributed by atoms with van der Waals surface area (Å²) in [7, 11) is -7.80. The Balaban J connectivity index is 1.59. The fourth-order valence-corrected chi connectivity index (χ4v) is 7.52. The zero-order chi connectivity index (χ0) is 26.0. The van der Waals surface area contributed by atoms with Gasteiger partial charge in [-0.2, -0.15) is 4.31 Å². The van der Waals surface area contributed by atoms with Crippen LogP contribution in [0.4, 0.5) is 5.82 Å². The average molecular weight is 530 g/mol. The molecular weight excluding hydrogens is 502 g/mol. The van der Waals surface area contributed by atoms with Crippen LogP contribution in [0.1, 0.15) is 28.9 Å². The Hall–Kier alpha value is -3.35. The molecule has 12 heteroatoms. The van der Waals surface area contributed by atoms with Crippen molar-refractivity contribution >= 4 is 31.6 Å². The summed E-state index contributed by atoms with van der Waals surface area (Å²) in [6.07, 6.45) is 4.59. The number of sulfonamides is 1. The van der Waals surface area contributed by atoms with Crippen LogP contribution in [0.3, 0.4) is 0 Å². The van der Waals surface area contributed by atoms with Crippen LogP contribution >= 0.6 is 0 Å². The first-order valence-corrected chi connectivity index (χ1v) is 14.6. The van der Waals surface area contributed by atoms with Gasteiger partial charge in [0.25, 0.3) is 5.91 Å². The van der Waals surface area contributed by atoms with Gasteiger partial charge < -0.3 is 11.1 Å². The van der Waals surface area contributed by atoms with Crippen molar-refractivity contribution in [3.8, 4) is 0 Å². The lowest BCUT2D eigenvalue weighted by molar-refractivity contribution is 0.0928. The van der Waals surface area contributed by atoms with Crippen LogP contribution in [0.5, 0.6) is 0 Å². The number of anilines is 1. The number of carbonyl (C=O) groups is 1. The second-order valence-corrected chi connectivity index (χ2v) is 12.6. The second kappa shape index (κ2) is 9.96. The Morgan fingerprint density at radius 2 is 1.53 bits per heavy atom. The lowest BCUT2D eigenvalue weighted by Gasteiger charge is -2.42. The van der Waals surface area contributed by atoms with Crippen LogP contribution < -0.4 is 11.1 Å². The number of hydrogen-bond donors (Lipinski definition) is 2. The summed E-state index contributed by atoms with van der Waals surface area (Å²) in [5.74, 6) is -0.442. The third-order valence-electron chi connectivity index (χ3n) is 6.46. The Morgan fingerprint density at radius 3 is 2.14 bits per heavy atom. The molecule has 2 aromatic carbocycles. The molecule has 3 N–H and O–H groups in total. The lowest BCUT2D eigenvalue weighted by Crippen LogP contribution is -2.50. The minimum atomic E-state index is -4.06. The van der Waals surface area contributed by atoms with E-state index < -0.39 is 31.2 Å². The zero-order valence-corrected chi connectivity index (χ0v) is 21.3. The van der Waals surface area contributed by atoms with Crippen molar-refractivity contribution in [1.82, 2.24) is 19.6 Å². The van der Waals surface area contributed by atoms with Crippen LogP contribution in [0, 0.1) is 0 Å². The first-order chi connectivity index (χ1) is 17.0. The molecule has 0 spiro atoms. The molecule has 3 aromatic rings. The summed E-state index contributed by atoms with van der Waals surface area (Å²) in [5.41, 5.74) is 6.23. The molecule has 1 saturated heterocycles. The van der Waals surface area contributed by atoms with Gasteiger partial charge in [-0.25, -0.2) is 26.8 Å². The number of hydrogen-bond acceptors (Lipinski definition) is 8. The Kier molecular flexibility index (Phi) is 7.12. The van der Waals surface area contributed by atoms with Crippen molar-refractivity contribution in [2.45, 2.75) is 28.0 Å². The van der Waals surface area contributed by atoms with Crippen LogP contribution in [0.2, 0.25) is 0 Å². The summed E-state index contributed by atoms with van der Waals surface area (Å²) in [6, 6.07) is 15.2. The smallest absolute Gasteiger partial charge is 0.273 e. The van der Waals surface area contributed by atoms with Crippen molar-refractivity contribution in [1.29, 1.82) is 0 Å². The summed E-state index contributed by atoms with van der Waals surface area (Å²) in [4.78, 5) is 20.2. The quantitative estimate of drug-likeness (QED) is 0.468. The third kappa shape index (κ3) is 5.11.